The highest BCUT2D eigenvalue weighted by Crippen LogP contribution is 2.11. The van der Waals surface area contributed by atoms with Gasteiger partial charge in [-0.05, 0) is 12.1 Å². The Labute approximate surface area is 104 Å². The van der Waals surface area contributed by atoms with Gasteiger partial charge in [0, 0.05) is 13.2 Å². The standard InChI is InChI=1S/C12H12N6/c1-17(12-15-8-13-9-16-12)7-10-6-14-11-4-2-3-5-18(10)11/h2-6,8-9H,7H2,1H3. The molecule has 6 nitrogen and oxygen atoms in total. The molecule has 0 fully saturated rings. The van der Waals surface area contributed by atoms with Crippen LogP contribution < -0.4 is 4.90 Å². The number of anilines is 1. The zero-order valence-corrected chi connectivity index (χ0v) is 9.93. The molecule has 0 N–H and O–H groups in total. The Kier molecular flexibility index (Phi) is 2.60. The minimum Gasteiger partial charge on any atom is -0.338 e. The second kappa shape index (κ2) is 4.40. The summed E-state index contributed by atoms with van der Waals surface area (Å²) >= 11 is 0. The fourth-order valence-corrected chi connectivity index (χ4v) is 1.85. The van der Waals surface area contributed by atoms with E-state index in [2.05, 4.69) is 24.3 Å². The highest BCUT2D eigenvalue weighted by atomic mass is 15.2. The largest absolute Gasteiger partial charge is 0.338 e. The van der Waals surface area contributed by atoms with E-state index >= 15 is 0 Å². The maximum Gasteiger partial charge on any atom is 0.228 e. The summed E-state index contributed by atoms with van der Waals surface area (Å²) in [6.07, 6.45) is 6.85. The van der Waals surface area contributed by atoms with E-state index in [9.17, 15) is 0 Å². The van der Waals surface area contributed by atoms with Gasteiger partial charge in [0.2, 0.25) is 5.95 Å². The van der Waals surface area contributed by atoms with E-state index in [1.807, 2.05) is 42.5 Å². The Hall–Kier alpha value is -2.50. The summed E-state index contributed by atoms with van der Waals surface area (Å²) < 4.78 is 2.05. The van der Waals surface area contributed by atoms with Crippen molar-refractivity contribution < 1.29 is 0 Å². The monoisotopic (exact) mass is 240 g/mol. The van der Waals surface area contributed by atoms with Gasteiger partial charge in [-0.25, -0.2) is 19.9 Å². The van der Waals surface area contributed by atoms with Crippen molar-refractivity contribution in [1.29, 1.82) is 0 Å². The quantitative estimate of drug-likeness (QED) is 0.687. The maximum atomic E-state index is 4.35. The van der Waals surface area contributed by atoms with Gasteiger partial charge in [-0.3, -0.25) is 0 Å². The molecule has 3 heterocycles. The molecule has 0 aliphatic heterocycles. The van der Waals surface area contributed by atoms with Crippen LogP contribution in [-0.4, -0.2) is 31.4 Å². The fourth-order valence-electron chi connectivity index (χ4n) is 1.85. The van der Waals surface area contributed by atoms with Crippen LogP contribution in [0.4, 0.5) is 5.95 Å². The van der Waals surface area contributed by atoms with Gasteiger partial charge in [0.05, 0.1) is 18.4 Å². The molecule has 0 aliphatic rings. The fraction of sp³-hybridized carbons (Fsp3) is 0.167. The van der Waals surface area contributed by atoms with Crippen LogP contribution in [-0.2, 0) is 6.54 Å². The molecule has 0 saturated carbocycles. The highest BCUT2D eigenvalue weighted by molar-refractivity contribution is 5.40. The Morgan fingerprint density at radius 2 is 2.00 bits per heavy atom. The first kappa shape index (κ1) is 10.6. The van der Waals surface area contributed by atoms with Crippen LogP contribution >= 0.6 is 0 Å². The number of rotatable bonds is 3. The van der Waals surface area contributed by atoms with E-state index in [1.54, 1.807) is 0 Å². The molecule has 0 bridgehead atoms. The zero-order chi connectivity index (χ0) is 12.4. The molecule has 0 aliphatic carbocycles. The number of nitrogens with zero attached hydrogens (tertiary/aromatic N) is 6. The number of imidazole rings is 1. The molecule has 0 saturated heterocycles. The first-order valence-electron chi connectivity index (χ1n) is 5.59. The predicted octanol–water partition coefficient (Wildman–Crippen LogP) is 1.16. The summed E-state index contributed by atoms with van der Waals surface area (Å²) in [5.41, 5.74) is 2.03. The van der Waals surface area contributed by atoms with Crippen LogP contribution in [0.25, 0.3) is 5.65 Å². The molecule has 6 heteroatoms. The lowest BCUT2D eigenvalue weighted by Gasteiger charge is -2.15. The lowest BCUT2D eigenvalue weighted by Crippen LogP contribution is -2.20. The summed E-state index contributed by atoms with van der Waals surface area (Å²) in [7, 11) is 1.94. The Morgan fingerprint density at radius 1 is 1.17 bits per heavy atom. The maximum absolute atomic E-state index is 4.35. The molecule has 0 amide bonds. The number of hydrogen-bond donors (Lipinski definition) is 0. The molecule has 0 spiro atoms. The smallest absolute Gasteiger partial charge is 0.228 e. The van der Waals surface area contributed by atoms with Crippen molar-refractivity contribution in [3.05, 3.63) is 48.9 Å². The Balaban J connectivity index is 1.89. The Bertz CT molecular complexity index is 648. The third-order valence-electron chi connectivity index (χ3n) is 2.71. The van der Waals surface area contributed by atoms with Crippen molar-refractivity contribution >= 4 is 11.6 Å². The lowest BCUT2D eigenvalue weighted by atomic mass is 10.4. The summed E-state index contributed by atoms with van der Waals surface area (Å²) in [6, 6.07) is 5.94. The van der Waals surface area contributed by atoms with Crippen LogP contribution in [0.5, 0.6) is 0 Å². The lowest BCUT2D eigenvalue weighted by molar-refractivity contribution is 0.822. The van der Waals surface area contributed by atoms with Crippen molar-refractivity contribution in [2.75, 3.05) is 11.9 Å². The van der Waals surface area contributed by atoms with Gasteiger partial charge in [-0.1, -0.05) is 6.07 Å². The van der Waals surface area contributed by atoms with Crippen molar-refractivity contribution in [3.63, 3.8) is 0 Å². The van der Waals surface area contributed by atoms with Crippen LogP contribution in [0, 0.1) is 0 Å². The molecule has 3 aromatic rings. The summed E-state index contributed by atoms with van der Waals surface area (Å²) in [5.74, 6) is 0.649. The minimum atomic E-state index is 0.649. The van der Waals surface area contributed by atoms with Gasteiger partial charge >= 0.3 is 0 Å². The summed E-state index contributed by atoms with van der Waals surface area (Å²) in [6.45, 7) is 0.690. The first-order valence-corrected chi connectivity index (χ1v) is 5.59. The first-order chi connectivity index (χ1) is 8.84. The van der Waals surface area contributed by atoms with Crippen molar-refractivity contribution in [3.8, 4) is 0 Å². The van der Waals surface area contributed by atoms with Crippen LogP contribution in [0.15, 0.2) is 43.2 Å². The number of pyridine rings is 1. The van der Waals surface area contributed by atoms with Gasteiger partial charge in [0.15, 0.2) is 0 Å². The van der Waals surface area contributed by atoms with E-state index in [-0.39, 0.29) is 0 Å². The zero-order valence-electron chi connectivity index (χ0n) is 9.93. The molecule has 18 heavy (non-hydrogen) atoms. The van der Waals surface area contributed by atoms with Gasteiger partial charge in [0.1, 0.15) is 18.3 Å². The van der Waals surface area contributed by atoms with E-state index in [1.165, 1.54) is 12.7 Å². The third-order valence-corrected chi connectivity index (χ3v) is 2.71. The van der Waals surface area contributed by atoms with E-state index in [0.717, 1.165) is 11.3 Å². The van der Waals surface area contributed by atoms with E-state index in [4.69, 9.17) is 0 Å². The number of fused-ring (bicyclic) bond motifs is 1. The summed E-state index contributed by atoms with van der Waals surface area (Å²) in [4.78, 5) is 18.3. The molecule has 0 radical (unpaired) electrons. The predicted molar refractivity (Wildman–Crippen MR) is 67.1 cm³/mol. The average molecular weight is 240 g/mol. The highest BCUT2D eigenvalue weighted by Gasteiger charge is 2.08. The van der Waals surface area contributed by atoms with Crippen molar-refractivity contribution in [1.82, 2.24) is 24.3 Å². The normalized spacial score (nSPS) is 10.7. The van der Waals surface area contributed by atoms with Crippen molar-refractivity contribution in [2.45, 2.75) is 6.54 Å². The van der Waals surface area contributed by atoms with E-state index < -0.39 is 0 Å². The average Bonchev–Trinajstić information content (AvgIpc) is 2.83. The van der Waals surface area contributed by atoms with Gasteiger partial charge in [-0.2, -0.15) is 0 Å². The second-order valence-corrected chi connectivity index (χ2v) is 3.97. The second-order valence-electron chi connectivity index (χ2n) is 3.97. The third kappa shape index (κ3) is 1.88. The SMILES string of the molecule is CN(Cc1cnc2ccccn12)c1ncncn1. The molecule has 0 atom stereocenters. The Morgan fingerprint density at radius 3 is 2.83 bits per heavy atom. The van der Waals surface area contributed by atoms with Gasteiger partial charge < -0.3 is 9.30 Å². The molecule has 90 valence electrons. The number of aromatic nitrogens is 5. The molecular weight excluding hydrogens is 228 g/mol. The minimum absolute atomic E-state index is 0.649. The molecule has 0 aromatic carbocycles. The number of hydrogen-bond acceptors (Lipinski definition) is 5. The van der Waals surface area contributed by atoms with Crippen molar-refractivity contribution in [2.24, 2.45) is 0 Å². The molecule has 0 unspecified atom stereocenters. The van der Waals surface area contributed by atoms with Crippen LogP contribution in [0.2, 0.25) is 0 Å². The topological polar surface area (TPSA) is 59.2 Å². The summed E-state index contributed by atoms with van der Waals surface area (Å²) in [5, 5.41) is 0. The van der Waals surface area contributed by atoms with Crippen LogP contribution in [0.1, 0.15) is 5.69 Å². The molecule has 3 rings (SSSR count). The van der Waals surface area contributed by atoms with Gasteiger partial charge in [0.25, 0.3) is 0 Å². The molecular formula is C12H12N6. The van der Waals surface area contributed by atoms with Crippen LogP contribution in [0.3, 0.4) is 0 Å². The van der Waals surface area contributed by atoms with Gasteiger partial charge in [-0.15, -0.1) is 0 Å². The van der Waals surface area contributed by atoms with E-state index in [0.29, 0.717) is 12.5 Å². The molecule has 3 aromatic heterocycles.